The Hall–Kier alpha value is -3.26. The van der Waals surface area contributed by atoms with Crippen molar-refractivity contribution in [1.82, 2.24) is 20.2 Å². The minimum atomic E-state index is -0.202. The van der Waals surface area contributed by atoms with Crippen molar-refractivity contribution in [2.45, 2.75) is 13.5 Å². The summed E-state index contributed by atoms with van der Waals surface area (Å²) in [6.45, 7) is 5.28. The van der Waals surface area contributed by atoms with Crippen LogP contribution in [-0.2, 0) is 16.1 Å². The smallest absolute Gasteiger partial charge is 0.248 e. The van der Waals surface area contributed by atoms with Gasteiger partial charge in [-0.15, -0.1) is 10.2 Å². The van der Waals surface area contributed by atoms with Crippen LogP contribution in [0.2, 0.25) is 0 Å². The molecule has 1 N–H and O–H groups in total. The number of rotatable bonds is 5. The number of carbonyl (C=O) groups is 1. The van der Waals surface area contributed by atoms with Crippen molar-refractivity contribution in [3.05, 3.63) is 54.1 Å². The summed E-state index contributed by atoms with van der Waals surface area (Å²) in [5, 5.41) is 15.1. The molecule has 1 fully saturated rings. The van der Waals surface area contributed by atoms with E-state index in [2.05, 4.69) is 25.6 Å². The molecule has 1 aliphatic rings. The molecule has 4 rings (SSSR count). The Kier molecular flexibility index (Phi) is 5.29. The summed E-state index contributed by atoms with van der Waals surface area (Å²) in [5.41, 5.74) is 3.90. The summed E-state index contributed by atoms with van der Waals surface area (Å²) in [6.07, 6.45) is 0. The average molecular weight is 378 g/mol. The molecular weight excluding hydrogens is 356 g/mol. The van der Waals surface area contributed by atoms with Crippen LogP contribution in [0.5, 0.6) is 0 Å². The standard InChI is InChI=1S/C20H22N6O2/c1-15-2-4-16(5-3-15)20-22-24-26(23-20)14-19(27)21-17-6-8-18(9-7-17)25-10-12-28-13-11-25/h2-9H,10-14H2,1H3,(H,21,27). The van der Waals surface area contributed by atoms with Crippen molar-refractivity contribution in [3.8, 4) is 11.4 Å². The number of benzene rings is 2. The van der Waals surface area contributed by atoms with E-state index >= 15 is 0 Å². The van der Waals surface area contributed by atoms with Crippen molar-refractivity contribution in [2.75, 3.05) is 36.5 Å². The Bertz CT molecular complexity index is 930. The Balaban J connectivity index is 1.35. The second kappa shape index (κ2) is 8.18. The molecule has 0 saturated carbocycles. The molecule has 0 aliphatic carbocycles. The highest BCUT2D eigenvalue weighted by Crippen LogP contribution is 2.19. The molecule has 1 saturated heterocycles. The zero-order valence-electron chi connectivity index (χ0n) is 15.7. The number of carbonyl (C=O) groups excluding carboxylic acids is 1. The van der Waals surface area contributed by atoms with Crippen LogP contribution >= 0.6 is 0 Å². The van der Waals surface area contributed by atoms with E-state index in [1.807, 2.05) is 55.5 Å². The number of hydrogen-bond donors (Lipinski definition) is 1. The maximum absolute atomic E-state index is 12.3. The molecule has 1 amide bonds. The second-order valence-corrected chi connectivity index (χ2v) is 6.70. The number of aromatic nitrogens is 4. The van der Waals surface area contributed by atoms with Crippen LogP contribution in [0.15, 0.2) is 48.5 Å². The molecule has 8 nitrogen and oxygen atoms in total. The zero-order chi connectivity index (χ0) is 19.3. The maximum Gasteiger partial charge on any atom is 0.248 e. The Morgan fingerprint density at radius 3 is 2.50 bits per heavy atom. The lowest BCUT2D eigenvalue weighted by molar-refractivity contribution is -0.117. The first-order valence-electron chi connectivity index (χ1n) is 9.25. The van der Waals surface area contributed by atoms with E-state index in [-0.39, 0.29) is 12.5 Å². The molecule has 2 heterocycles. The molecule has 1 aliphatic heterocycles. The third kappa shape index (κ3) is 4.34. The first kappa shape index (κ1) is 18.1. The largest absolute Gasteiger partial charge is 0.378 e. The van der Waals surface area contributed by atoms with Crippen molar-refractivity contribution in [3.63, 3.8) is 0 Å². The Labute approximate surface area is 163 Å². The fourth-order valence-electron chi connectivity index (χ4n) is 3.03. The third-order valence-electron chi connectivity index (χ3n) is 4.57. The number of amides is 1. The number of morpholine rings is 1. The summed E-state index contributed by atoms with van der Waals surface area (Å²) in [6, 6.07) is 15.7. The topological polar surface area (TPSA) is 85.2 Å². The van der Waals surface area contributed by atoms with E-state index < -0.39 is 0 Å². The number of tetrazole rings is 1. The molecule has 0 spiro atoms. The Morgan fingerprint density at radius 1 is 1.07 bits per heavy atom. The summed E-state index contributed by atoms with van der Waals surface area (Å²) in [5.74, 6) is 0.301. The van der Waals surface area contributed by atoms with E-state index in [4.69, 9.17) is 4.74 Å². The van der Waals surface area contributed by atoms with E-state index in [1.165, 1.54) is 4.80 Å². The summed E-state index contributed by atoms with van der Waals surface area (Å²) >= 11 is 0. The van der Waals surface area contributed by atoms with E-state index in [1.54, 1.807) is 0 Å². The number of anilines is 2. The molecule has 1 aromatic heterocycles. The maximum atomic E-state index is 12.3. The molecule has 2 aromatic carbocycles. The van der Waals surface area contributed by atoms with Gasteiger partial charge in [-0.05, 0) is 36.4 Å². The van der Waals surface area contributed by atoms with Crippen LogP contribution in [0.1, 0.15) is 5.56 Å². The van der Waals surface area contributed by atoms with Gasteiger partial charge < -0.3 is 15.0 Å². The minimum Gasteiger partial charge on any atom is -0.378 e. The molecule has 0 atom stereocenters. The van der Waals surface area contributed by atoms with Gasteiger partial charge in [0.15, 0.2) is 0 Å². The molecule has 28 heavy (non-hydrogen) atoms. The minimum absolute atomic E-state index is 0.00404. The van der Waals surface area contributed by atoms with Gasteiger partial charge in [-0.2, -0.15) is 4.80 Å². The van der Waals surface area contributed by atoms with Crippen LogP contribution in [0, 0.1) is 6.92 Å². The Morgan fingerprint density at radius 2 is 1.79 bits per heavy atom. The highest BCUT2D eigenvalue weighted by molar-refractivity contribution is 5.90. The van der Waals surface area contributed by atoms with Crippen molar-refractivity contribution in [1.29, 1.82) is 0 Å². The van der Waals surface area contributed by atoms with Gasteiger partial charge in [-0.25, -0.2) is 0 Å². The summed E-state index contributed by atoms with van der Waals surface area (Å²) in [4.78, 5) is 15.9. The van der Waals surface area contributed by atoms with E-state index in [0.717, 1.165) is 48.8 Å². The second-order valence-electron chi connectivity index (χ2n) is 6.70. The number of aryl methyl sites for hydroxylation is 1. The SMILES string of the molecule is Cc1ccc(-c2nnn(CC(=O)Nc3ccc(N4CCOCC4)cc3)n2)cc1. The molecule has 144 valence electrons. The van der Waals surface area contributed by atoms with Gasteiger partial charge in [0.25, 0.3) is 0 Å². The van der Waals surface area contributed by atoms with Crippen molar-refractivity contribution < 1.29 is 9.53 Å². The van der Waals surface area contributed by atoms with Crippen LogP contribution < -0.4 is 10.2 Å². The lowest BCUT2D eigenvalue weighted by Crippen LogP contribution is -2.36. The fraction of sp³-hybridized carbons (Fsp3) is 0.300. The molecule has 3 aromatic rings. The highest BCUT2D eigenvalue weighted by Gasteiger charge is 2.12. The van der Waals surface area contributed by atoms with Crippen molar-refractivity contribution >= 4 is 17.3 Å². The average Bonchev–Trinajstić information content (AvgIpc) is 3.18. The summed E-state index contributed by atoms with van der Waals surface area (Å²) in [7, 11) is 0. The number of nitrogens with one attached hydrogen (secondary N) is 1. The van der Waals surface area contributed by atoms with E-state index in [0.29, 0.717) is 5.82 Å². The van der Waals surface area contributed by atoms with Crippen LogP contribution in [0.4, 0.5) is 11.4 Å². The van der Waals surface area contributed by atoms with Gasteiger partial charge in [0.2, 0.25) is 11.7 Å². The first-order chi connectivity index (χ1) is 13.7. The van der Waals surface area contributed by atoms with Crippen LogP contribution in [-0.4, -0.2) is 52.4 Å². The van der Waals surface area contributed by atoms with Gasteiger partial charge in [0.05, 0.1) is 13.2 Å². The molecule has 0 unspecified atom stereocenters. The number of ether oxygens (including phenoxy) is 1. The monoisotopic (exact) mass is 378 g/mol. The van der Waals surface area contributed by atoms with Gasteiger partial charge >= 0.3 is 0 Å². The first-order valence-corrected chi connectivity index (χ1v) is 9.25. The number of nitrogens with zero attached hydrogens (tertiary/aromatic N) is 5. The lowest BCUT2D eigenvalue weighted by atomic mass is 10.1. The van der Waals surface area contributed by atoms with Gasteiger partial charge in [0, 0.05) is 30.0 Å². The predicted molar refractivity (Wildman–Crippen MR) is 106 cm³/mol. The predicted octanol–water partition coefficient (Wildman–Crippen LogP) is 2.12. The number of hydrogen-bond acceptors (Lipinski definition) is 6. The van der Waals surface area contributed by atoms with Gasteiger partial charge in [-0.1, -0.05) is 29.8 Å². The van der Waals surface area contributed by atoms with Crippen LogP contribution in [0.25, 0.3) is 11.4 Å². The third-order valence-corrected chi connectivity index (χ3v) is 4.57. The summed E-state index contributed by atoms with van der Waals surface area (Å²) < 4.78 is 5.37. The van der Waals surface area contributed by atoms with Gasteiger partial charge in [0.1, 0.15) is 6.54 Å². The lowest BCUT2D eigenvalue weighted by Gasteiger charge is -2.28. The normalized spacial score (nSPS) is 14.1. The molecule has 0 radical (unpaired) electrons. The molecular formula is C20H22N6O2. The highest BCUT2D eigenvalue weighted by atomic mass is 16.5. The molecule has 8 heteroatoms. The van der Waals surface area contributed by atoms with Gasteiger partial charge in [-0.3, -0.25) is 4.79 Å². The zero-order valence-corrected chi connectivity index (χ0v) is 15.7. The van der Waals surface area contributed by atoms with Crippen LogP contribution in [0.3, 0.4) is 0 Å². The fourth-order valence-corrected chi connectivity index (χ4v) is 3.03. The van der Waals surface area contributed by atoms with E-state index in [9.17, 15) is 4.79 Å². The van der Waals surface area contributed by atoms with Crippen molar-refractivity contribution in [2.24, 2.45) is 0 Å². The molecule has 0 bridgehead atoms. The quantitative estimate of drug-likeness (QED) is 0.732.